The Morgan fingerprint density at radius 2 is 1.82 bits per heavy atom. The summed E-state index contributed by atoms with van der Waals surface area (Å²) in [6.07, 6.45) is 0. The van der Waals surface area contributed by atoms with Crippen molar-refractivity contribution in [3.05, 3.63) is 48.0 Å². The fraction of sp³-hybridized carbons (Fsp3) is 0.214. The molecular weight excluding hydrogens is 228 g/mol. The molecule has 0 unspecified atom stereocenters. The third-order valence-electron chi connectivity index (χ3n) is 2.86. The molecule has 2 nitrogen and oxygen atoms in total. The highest BCUT2D eigenvalue weighted by molar-refractivity contribution is 7.80. The van der Waals surface area contributed by atoms with E-state index in [1.807, 2.05) is 7.05 Å². The van der Waals surface area contributed by atoms with Crippen LogP contribution in [0.1, 0.15) is 18.5 Å². The average molecular weight is 244 g/mol. The highest BCUT2D eigenvalue weighted by Gasteiger charge is 2.09. The van der Waals surface area contributed by atoms with Gasteiger partial charge in [-0.15, -0.1) is 0 Å². The molecule has 0 amide bonds. The monoisotopic (exact) mass is 244 g/mol. The first-order chi connectivity index (χ1) is 8.22. The molecule has 3 heteroatoms. The van der Waals surface area contributed by atoms with Crippen LogP contribution in [-0.4, -0.2) is 12.2 Å². The van der Waals surface area contributed by atoms with Crippen LogP contribution < -0.4 is 10.6 Å². The quantitative estimate of drug-likeness (QED) is 0.794. The van der Waals surface area contributed by atoms with Gasteiger partial charge in [0, 0.05) is 7.05 Å². The van der Waals surface area contributed by atoms with Crippen LogP contribution in [-0.2, 0) is 0 Å². The maximum atomic E-state index is 5.13. The van der Waals surface area contributed by atoms with Gasteiger partial charge in [0.05, 0.1) is 6.04 Å². The van der Waals surface area contributed by atoms with E-state index in [1.54, 1.807) is 0 Å². The van der Waals surface area contributed by atoms with E-state index in [-0.39, 0.29) is 6.04 Å². The molecule has 0 saturated carbocycles. The second kappa shape index (κ2) is 5.15. The molecule has 2 N–H and O–H groups in total. The Bertz CT molecular complexity index is 531. The Morgan fingerprint density at radius 3 is 2.59 bits per heavy atom. The van der Waals surface area contributed by atoms with Crippen LogP contribution in [0.5, 0.6) is 0 Å². The van der Waals surface area contributed by atoms with Crippen molar-refractivity contribution in [2.75, 3.05) is 7.05 Å². The summed E-state index contributed by atoms with van der Waals surface area (Å²) in [5.41, 5.74) is 1.26. The minimum atomic E-state index is 0.195. The van der Waals surface area contributed by atoms with E-state index in [0.717, 1.165) is 0 Å². The minimum absolute atomic E-state index is 0.195. The number of benzene rings is 2. The van der Waals surface area contributed by atoms with E-state index < -0.39 is 0 Å². The lowest BCUT2D eigenvalue weighted by atomic mass is 10.00. The van der Waals surface area contributed by atoms with Crippen LogP contribution in [0.3, 0.4) is 0 Å². The predicted molar refractivity (Wildman–Crippen MR) is 77.2 cm³/mol. The molecular formula is C14H16N2S. The second-order valence-electron chi connectivity index (χ2n) is 4.01. The summed E-state index contributed by atoms with van der Waals surface area (Å²) in [6, 6.07) is 14.9. The van der Waals surface area contributed by atoms with Crippen LogP contribution in [0.4, 0.5) is 0 Å². The summed E-state index contributed by atoms with van der Waals surface area (Å²) < 4.78 is 0. The first-order valence-electron chi connectivity index (χ1n) is 5.68. The highest BCUT2D eigenvalue weighted by Crippen LogP contribution is 2.23. The van der Waals surface area contributed by atoms with Crippen LogP contribution in [0, 0.1) is 0 Å². The topological polar surface area (TPSA) is 24.1 Å². The molecule has 0 aliphatic rings. The van der Waals surface area contributed by atoms with Gasteiger partial charge in [0.15, 0.2) is 5.11 Å². The van der Waals surface area contributed by atoms with Gasteiger partial charge < -0.3 is 10.6 Å². The van der Waals surface area contributed by atoms with E-state index in [2.05, 4.69) is 60.0 Å². The number of nitrogens with one attached hydrogen (secondary N) is 2. The van der Waals surface area contributed by atoms with Crippen molar-refractivity contribution in [1.29, 1.82) is 0 Å². The number of hydrogen-bond acceptors (Lipinski definition) is 1. The lowest BCUT2D eigenvalue weighted by molar-refractivity contribution is 0.715. The summed E-state index contributed by atoms with van der Waals surface area (Å²) in [5, 5.41) is 9.39. The summed E-state index contributed by atoms with van der Waals surface area (Å²) in [7, 11) is 1.82. The molecule has 0 aliphatic heterocycles. The van der Waals surface area contributed by atoms with Crippen molar-refractivity contribution >= 4 is 28.1 Å². The lowest BCUT2D eigenvalue weighted by Gasteiger charge is -2.17. The minimum Gasteiger partial charge on any atom is -0.366 e. The summed E-state index contributed by atoms with van der Waals surface area (Å²) >= 11 is 5.13. The normalized spacial score (nSPS) is 12.1. The molecule has 2 aromatic carbocycles. The summed E-state index contributed by atoms with van der Waals surface area (Å²) in [4.78, 5) is 0. The number of thiocarbonyl (C=S) groups is 1. The lowest BCUT2D eigenvalue weighted by Crippen LogP contribution is -2.34. The Hall–Kier alpha value is -1.61. The molecule has 17 heavy (non-hydrogen) atoms. The summed E-state index contributed by atoms with van der Waals surface area (Å²) in [6.45, 7) is 2.12. The summed E-state index contributed by atoms with van der Waals surface area (Å²) in [5.74, 6) is 0. The van der Waals surface area contributed by atoms with Crippen LogP contribution in [0.25, 0.3) is 10.8 Å². The largest absolute Gasteiger partial charge is 0.366 e. The van der Waals surface area contributed by atoms with Gasteiger partial charge in [0.2, 0.25) is 0 Å². The Morgan fingerprint density at radius 1 is 1.12 bits per heavy atom. The molecule has 0 aliphatic carbocycles. The van der Waals surface area contributed by atoms with Crippen molar-refractivity contribution < 1.29 is 0 Å². The van der Waals surface area contributed by atoms with E-state index in [9.17, 15) is 0 Å². The maximum Gasteiger partial charge on any atom is 0.166 e. The Kier molecular flexibility index (Phi) is 3.59. The average Bonchev–Trinajstić information content (AvgIpc) is 2.37. The molecule has 2 aromatic rings. The van der Waals surface area contributed by atoms with Gasteiger partial charge >= 0.3 is 0 Å². The molecule has 0 fully saturated rings. The van der Waals surface area contributed by atoms with E-state index in [4.69, 9.17) is 12.2 Å². The number of rotatable bonds is 2. The van der Waals surface area contributed by atoms with Gasteiger partial charge in [-0.05, 0) is 35.5 Å². The molecule has 1 atom stereocenters. The van der Waals surface area contributed by atoms with Crippen LogP contribution in [0.15, 0.2) is 42.5 Å². The van der Waals surface area contributed by atoms with Crippen molar-refractivity contribution in [1.82, 2.24) is 10.6 Å². The molecule has 2 rings (SSSR count). The SMILES string of the molecule is CNC(=S)N[C@@H](C)c1cccc2ccccc12. The van der Waals surface area contributed by atoms with Gasteiger partial charge in [-0.25, -0.2) is 0 Å². The zero-order valence-electron chi connectivity index (χ0n) is 10.0. The fourth-order valence-corrected chi connectivity index (χ4v) is 2.15. The third kappa shape index (κ3) is 2.56. The smallest absolute Gasteiger partial charge is 0.166 e. The number of hydrogen-bond donors (Lipinski definition) is 2. The molecule has 0 saturated heterocycles. The molecule has 0 bridgehead atoms. The molecule has 0 radical (unpaired) electrons. The van der Waals surface area contributed by atoms with E-state index in [1.165, 1.54) is 16.3 Å². The van der Waals surface area contributed by atoms with Gasteiger partial charge in [-0.2, -0.15) is 0 Å². The molecule has 0 aromatic heterocycles. The van der Waals surface area contributed by atoms with Crippen molar-refractivity contribution in [2.24, 2.45) is 0 Å². The van der Waals surface area contributed by atoms with E-state index in [0.29, 0.717) is 5.11 Å². The van der Waals surface area contributed by atoms with Crippen molar-refractivity contribution in [3.63, 3.8) is 0 Å². The van der Waals surface area contributed by atoms with Gasteiger partial charge in [0.25, 0.3) is 0 Å². The predicted octanol–water partition coefficient (Wildman–Crippen LogP) is 2.99. The molecule has 0 heterocycles. The third-order valence-corrected chi connectivity index (χ3v) is 3.19. The van der Waals surface area contributed by atoms with Gasteiger partial charge in [-0.1, -0.05) is 42.5 Å². The van der Waals surface area contributed by atoms with Gasteiger partial charge in [0.1, 0.15) is 0 Å². The molecule has 88 valence electrons. The first kappa shape index (κ1) is 11.9. The maximum absolute atomic E-state index is 5.13. The Balaban J connectivity index is 2.38. The molecule has 0 spiro atoms. The van der Waals surface area contributed by atoms with E-state index >= 15 is 0 Å². The number of fused-ring (bicyclic) bond motifs is 1. The van der Waals surface area contributed by atoms with Crippen molar-refractivity contribution in [2.45, 2.75) is 13.0 Å². The zero-order valence-corrected chi connectivity index (χ0v) is 10.8. The van der Waals surface area contributed by atoms with Crippen LogP contribution >= 0.6 is 12.2 Å². The zero-order chi connectivity index (χ0) is 12.3. The standard InChI is InChI=1S/C14H16N2S/c1-10(16-14(17)15-2)12-9-5-7-11-6-3-4-8-13(11)12/h3-10H,1-2H3,(H2,15,16,17)/t10-/m0/s1. The second-order valence-corrected chi connectivity index (χ2v) is 4.42. The fourth-order valence-electron chi connectivity index (χ4n) is 1.97. The Labute approximate surface area is 107 Å². The van der Waals surface area contributed by atoms with Crippen LogP contribution in [0.2, 0.25) is 0 Å². The first-order valence-corrected chi connectivity index (χ1v) is 6.09. The highest BCUT2D eigenvalue weighted by atomic mass is 32.1. The van der Waals surface area contributed by atoms with Crippen molar-refractivity contribution in [3.8, 4) is 0 Å². The van der Waals surface area contributed by atoms with Gasteiger partial charge in [-0.3, -0.25) is 0 Å².